The van der Waals surface area contributed by atoms with Crippen molar-refractivity contribution in [3.63, 3.8) is 0 Å². The van der Waals surface area contributed by atoms with Gasteiger partial charge in [0, 0.05) is 14.3 Å². The Bertz CT molecular complexity index is 2010. The summed E-state index contributed by atoms with van der Waals surface area (Å²) in [6.45, 7) is 24.5. The maximum Gasteiger partial charge on any atom is 0.426 e. The first-order chi connectivity index (χ1) is 34.2. The molecule has 10 heteroatoms. The van der Waals surface area contributed by atoms with Crippen LogP contribution in [0.2, 0.25) is 0 Å². The lowest BCUT2D eigenvalue weighted by Crippen LogP contribution is -2.61. The fraction of sp³-hybridized carbons (Fsp3) is 0.855. The van der Waals surface area contributed by atoms with Gasteiger partial charge < -0.3 is 14.9 Å². The average molecular weight is 1000 g/mol. The molecule has 8 aliphatic carbocycles. The number of carbonyl (C=O) groups excluding carboxylic acids is 3. The highest BCUT2D eigenvalue weighted by atomic mass is 16.6. The molecule has 7 N–H and O–H groups in total. The summed E-state index contributed by atoms with van der Waals surface area (Å²) in [4.78, 5) is 36.3. The third-order valence-electron chi connectivity index (χ3n) is 24.2. The molecule has 0 aromatic heterocycles. The van der Waals surface area contributed by atoms with Gasteiger partial charge in [0.05, 0.1) is 12.2 Å². The molecule has 408 valence electrons. The van der Waals surface area contributed by atoms with Crippen molar-refractivity contribution in [2.75, 3.05) is 0 Å². The summed E-state index contributed by atoms with van der Waals surface area (Å²) >= 11 is 0. The van der Waals surface area contributed by atoms with Crippen molar-refractivity contribution in [2.45, 2.75) is 216 Å². The number of ether oxygens (including phenoxy) is 1. The fourth-order valence-electron chi connectivity index (χ4n) is 20.4. The van der Waals surface area contributed by atoms with Gasteiger partial charge in [-0.3, -0.25) is 20.4 Å². The average Bonchev–Trinajstić information content (AvgIpc) is 3.92. The fourth-order valence-corrected chi connectivity index (χ4v) is 20.4. The van der Waals surface area contributed by atoms with Gasteiger partial charge in [-0.05, 0) is 212 Å². The summed E-state index contributed by atoms with van der Waals surface area (Å²) in [6, 6.07) is 9.47. The van der Waals surface area contributed by atoms with Crippen LogP contribution in [0.4, 0.5) is 4.79 Å². The number of hydrogen-bond acceptors (Lipinski definition) is 7. The van der Waals surface area contributed by atoms with Crippen LogP contribution in [-0.2, 0) is 20.9 Å². The van der Waals surface area contributed by atoms with Crippen molar-refractivity contribution in [3.05, 3.63) is 35.9 Å². The van der Waals surface area contributed by atoms with E-state index in [1.807, 2.05) is 30.3 Å². The van der Waals surface area contributed by atoms with Gasteiger partial charge in [0.25, 0.3) is 0 Å². The number of fused-ring (bicyclic) bond motifs is 10. The first kappa shape index (κ1) is 55.5. The van der Waals surface area contributed by atoms with Crippen LogP contribution in [0.3, 0.4) is 0 Å². The molecule has 9 rings (SSSR count). The van der Waals surface area contributed by atoms with E-state index in [0.29, 0.717) is 112 Å². The molecule has 22 atom stereocenters. The molecule has 1 aromatic rings. The molecule has 8 aliphatic rings. The van der Waals surface area contributed by atoms with Crippen molar-refractivity contribution < 1.29 is 30.8 Å². The van der Waals surface area contributed by atoms with Gasteiger partial charge in [-0.2, -0.15) is 0 Å². The number of benzene rings is 1. The highest BCUT2D eigenvalue weighted by molar-refractivity contribution is 5.79. The Balaban J connectivity index is 0.000000219. The summed E-state index contributed by atoms with van der Waals surface area (Å²) in [7, 11) is 0. The van der Waals surface area contributed by atoms with E-state index in [1.54, 1.807) is 0 Å². The number of aliphatic hydroxyl groups is 2. The lowest BCUT2D eigenvalue weighted by Gasteiger charge is -2.65. The van der Waals surface area contributed by atoms with Crippen LogP contribution in [0, 0.1) is 116 Å². The molecule has 10 nitrogen and oxygen atoms in total. The standard InChI is InChI=1S/C35H54N2O4.C27H48N2O2.H2/c1-6-25-29-20-22(2)16-18-35(29,5)28-17-19-34(4)26(13-14-27(34)31(28)32(25)39)23(3)12-15-30(38)36-37-33(40)41-21-24-10-8-7-9-11-24;1-6-18-22-15-16(2)11-13-27(22,5)21-12-14-26(4)19(17(3)7-10-23(30)29-28)8-9-20(26)24(21)25(18)31;/h7-11,22-23,25-29,31-32,39H,6,12-21H2,1-5H3,(H,36,38)(H,37,40);16-22,24-25,31H,6-15,28H2,1-5H3,(H,29,30);1H/t22-,23-,25-,26-,27+,28+,29+,31+,32-,34-,35-;16-,17-,18-,19-,20+,21+,22+,24+,25-,26-,27-;/m11./s1. The third kappa shape index (κ3) is 10.3. The molecular weight excluding hydrogens is 897 g/mol. The monoisotopic (exact) mass is 1000 g/mol. The zero-order valence-corrected chi connectivity index (χ0v) is 46.7. The van der Waals surface area contributed by atoms with Crippen LogP contribution in [0.5, 0.6) is 0 Å². The van der Waals surface area contributed by atoms with Gasteiger partial charge in [-0.1, -0.05) is 125 Å². The van der Waals surface area contributed by atoms with Crippen molar-refractivity contribution in [1.29, 1.82) is 0 Å². The molecule has 0 spiro atoms. The summed E-state index contributed by atoms with van der Waals surface area (Å²) in [5, 5.41) is 23.8. The number of carbonyl (C=O) groups is 3. The molecule has 1 aromatic carbocycles. The van der Waals surface area contributed by atoms with E-state index in [9.17, 15) is 24.6 Å². The van der Waals surface area contributed by atoms with Gasteiger partial charge in [0.2, 0.25) is 11.8 Å². The highest BCUT2D eigenvalue weighted by Crippen LogP contribution is 2.72. The number of hydrogen-bond donors (Lipinski definition) is 6. The largest absolute Gasteiger partial charge is 0.443 e. The predicted octanol–water partition coefficient (Wildman–Crippen LogP) is 12.8. The zero-order valence-electron chi connectivity index (χ0n) is 46.7. The molecule has 8 fully saturated rings. The second-order valence-corrected chi connectivity index (χ2v) is 27.5. The Morgan fingerprint density at radius 2 is 1.06 bits per heavy atom. The Hall–Kier alpha value is -2.69. The zero-order chi connectivity index (χ0) is 51.9. The molecule has 0 unspecified atom stereocenters. The quantitative estimate of drug-likeness (QED) is 0.0690. The molecule has 0 bridgehead atoms. The summed E-state index contributed by atoms with van der Waals surface area (Å²) in [5.74, 6) is 14.5. The Labute approximate surface area is 437 Å². The topological polar surface area (TPSA) is 163 Å². The van der Waals surface area contributed by atoms with Crippen LogP contribution < -0.4 is 22.1 Å². The van der Waals surface area contributed by atoms with Crippen molar-refractivity contribution in [1.82, 2.24) is 16.3 Å². The second kappa shape index (κ2) is 22.5. The van der Waals surface area contributed by atoms with Crippen molar-refractivity contribution >= 4 is 17.9 Å². The first-order valence-corrected chi connectivity index (χ1v) is 29.9. The predicted molar refractivity (Wildman–Crippen MR) is 289 cm³/mol. The molecule has 0 aliphatic heterocycles. The van der Waals surface area contributed by atoms with Crippen LogP contribution in [-0.4, -0.2) is 40.3 Å². The number of aliphatic hydroxyl groups excluding tert-OH is 2. The van der Waals surface area contributed by atoms with Crippen molar-refractivity contribution in [2.24, 2.45) is 122 Å². The first-order valence-electron chi connectivity index (χ1n) is 29.9. The molecule has 0 radical (unpaired) electrons. The summed E-state index contributed by atoms with van der Waals surface area (Å²) in [6.07, 6.45) is 21.9. The van der Waals surface area contributed by atoms with E-state index < -0.39 is 6.09 Å². The Morgan fingerprint density at radius 3 is 1.50 bits per heavy atom. The van der Waals surface area contributed by atoms with Gasteiger partial charge in [-0.15, -0.1) is 0 Å². The molecule has 8 saturated carbocycles. The van der Waals surface area contributed by atoms with E-state index in [0.717, 1.165) is 43.1 Å². The minimum Gasteiger partial charge on any atom is -0.443 e. The Morgan fingerprint density at radius 1 is 0.625 bits per heavy atom. The molecule has 72 heavy (non-hydrogen) atoms. The number of nitrogens with one attached hydrogen (secondary N) is 3. The summed E-state index contributed by atoms with van der Waals surface area (Å²) in [5.41, 5.74) is 9.42. The number of rotatable bonds is 12. The number of nitrogens with two attached hydrogens (primary N) is 1. The van der Waals surface area contributed by atoms with Gasteiger partial charge in [-0.25, -0.2) is 16.1 Å². The van der Waals surface area contributed by atoms with Crippen LogP contribution >= 0.6 is 0 Å². The molecule has 3 amide bonds. The van der Waals surface area contributed by atoms with E-state index in [-0.39, 0.29) is 37.5 Å². The minimum atomic E-state index is -0.655. The van der Waals surface area contributed by atoms with Gasteiger partial charge >= 0.3 is 6.09 Å². The summed E-state index contributed by atoms with van der Waals surface area (Å²) < 4.78 is 5.19. The smallest absolute Gasteiger partial charge is 0.426 e. The maximum atomic E-state index is 12.6. The van der Waals surface area contributed by atoms with Crippen LogP contribution in [0.25, 0.3) is 0 Å². The molecule has 0 heterocycles. The Kier molecular flexibility index (Phi) is 17.3. The van der Waals surface area contributed by atoms with E-state index in [4.69, 9.17) is 10.6 Å². The maximum absolute atomic E-state index is 12.6. The van der Waals surface area contributed by atoms with Crippen molar-refractivity contribution in [3.8, 4) is 0 Å². The third-order valence-corrected chi connectivity index (χ3v) is 24.2. The number of amides is 3. The SMILES string of the molecule is CC[C@H]1[C@@H](O)[C@@H]2[C@H](CC[C@]3(C)[C@@H]([C@H](C)CCC(=O)NN)CC[C@@H]23)[C@@]2(C)CC[C@@H](C)C[C@@H]12.CC[C@H]1[C@@H](O)[C@@H]2[C@H](CC[C@]3(C)[C@@H]([C@H](C)CCC(=O)NNC(=O)OCc4ccccc4)CC[C@@H]23)[C@@]2(C)CC[C@@H](C)C[C@@H]12.[HH]. The normalized spacial score (nSPS) is 44.6. The van der Waals surface area contributed by atoms with E-state index in [1.165, 1.54) is 89.9 Å². The van der Waals surface area contributed by atoms with Gasteiger partial charge in [0.1, 0.15) is 6.61 Å². The molecular formula is C62H104N4O6. The van der Waals surface area contributed by atoms with E-state index in [2.05, 4.69) is 85.5 Å². The molecule has 0 saturated heterocycles. The van der Waals surface area contributed by atoms with Gasteiger partial charge in [0.15, 0.2) is 0 Å². The lowest BCUT2D eigenvalue weighted by molar-refractivity contribution is -0.198. The lowest BCUT2D eigenvalue weighted by atomic mass is 9.41. The van der Waals surface area contributed by atoms with E-state index >= 15 is 0 Å². The number of hydrazine groups is 2. The van der Waals surface area contributed by atoms with Crippen LogP contribution in [0.1, 0.15) is 205 Å². The highest BCUT2D eigenvalue weighted by Gasteiger charge is 2.66. The minimum absolute atomic E-state index is 0. The second-order valence-electron chi connectivity index (χ2n) is 27.5. The van der Waals surface area contributed by atoms with Crippen LogP contribution in [0.15, 0.2) is 30.3 Å².